The van der Waals surface area contributed by atoms with Crippen molar-refractivity contribution in [2.75, 3.05) is 6.61 Å². The number of carboxylic acids is 1. The molecule has 5 heteroatoms. The molecule has 2 N–H and O–H groups in total. The van der Waals surface area contributed by atoms with Gasteiger partial charge in [-0.05, 0) is 60.4 Å². The van der Waals surface area contributed by atoms with Gasteiger partial charge in [-0.3, -0.25) is 0 Å². The number of rotatable bonds is 3. The van der Waals surface area contributed by atoms with Gasteiger partial charge in [-0.2, -0.15) is 0 Å². The van der Waals surface area contributed by atoms with Gasteiger partial charge in [-0.25, -0.2) is 9.18 Å². The summed E-state index contributed by atoms with van der Waals surface area (Å²) in [5, 5.41) is 9.61. The maximum Gasteiger partial charge on any atom is 0.341 e. The predicted molar refractivity (Wildman–Crippen MR) is 95.6 cm³/mol. The molecule has 0 amide bonds. The van der Waals surface area contributed by atoms with Crippen LogP contribution in [0.15, 0.2) is 36.4 Å². The van der Waals surface area contributed by atoms with E-state index in [1.165, 1.54) is 6.07 Å². The number of aromatic nitrogens is 1. The maximum atomic E-state index is 13.5. The first-order valence-electron chi connectivity index (χ1n) is 8.40. The van der Waals surface area contributed by atoms with Crippen molar-refractivity contribution in [2.24, 2.45) is 0 Å². The highest BCUT2D eigenvalue weighted by Crippen LogP contribution is 2.38. The van der Waals surface area contributed by atoms with E-state index in [4.69, 9.17) is 9.84 Å². The van der Waals surface area contributed by atoms with E-state index in [0.29, 0.717) is 5.75 Å². The fraction of sp³-hybridized carbons (Fsp3) is 0.250. The third-order valence-electron chi connectivity index (χ3n) is 4.22. The molecule has 25 heavy (non-hydrogen) atoms. The Hall–Kier alpha value is -2.82. The van der Waals surface area contributed by atoms with Crippen LogP contribution in [0.5, 0.6) is 5.75 Å². The van der Waals surface area contributed by atoms with Crippen molar-refractivity contribution in [3.63, 3.8) is 0 Å². The number of nitrogens with one attached hydrogen (secondary N) is 1. The number of halogens is 1. The summed E-state index contributed by atoms with van der Waals surface area (Å²) in [6.45, 7) is 3.65. The van der Waals surface area contributed by atoms with E-state index in [1.807, 2.05) is 26.0 Å². The molecule has 0 radical (unpaired) electrons. The van der Waals surface area contributed by atoms with Crippen molar-refractivity contribution >= 4 is 16.9 Å². The first kappa shape index (κ1) is 17.0. The number of H-pyrrole nitrogens is 1. The molecule has 4 rings (SSSR count). The lowest BCUT2D eigenvalue weighted by Gasteiger charge is -2.17. The monoisotopic (exact) mass is 341 g/mol. The normalized spacial score (nSPS) is 12.0. The number of carbonyl (C=O) groups is 1. The Morgan fingerprint density at radius 2 is 2.00 bits per heavy atom. The fourth-order valence-corrected chi connectivity index (χ4v) is 3.22. The minimum Gasteiger partial charge on any atom is -0.482 e. The standard InChI is InChI=1S/C18H14FNO3.C2H6/c19-11-2-6-16-15(8-11)14-4-1-10-7-12(23-9-17(21)22)3-5-13(10)18(14)20-16;1-2/h2-3,5-8,20H,1,4,9H2,(H,21,22);1-2H3. The molecule has 0 atom stereocenters. The summed E-state index contributed by atoms with van der Waals surface area (Å²) in [6.07, 6.45) is 1.63. The number of hydrogen-bond acceptors (Lipinski definition) is 2. The molecule has 2 aromatic carbocycles. The van der Waals surface area contributed by atoms with Gasteiger partial charge in [-0.1, -0.05) is 13.8 Å². The minimum absolute atomic E-state index is 0.234. The van der Waals surface area contributed by atoms with Gasteiger partial charge in [0.2, 0.25) is 0 Å². The number of fused-ring (bicyclic) bond motifs is 5. The van der Waals surface area contributed by atoms with Crippen molar-refractivity contribution in [1.82, 2.24) is 4.98 Å². The second-order valence-electron chi connectivity index (χ2n) is 5.67. The number of benzene rings is 2. The first-order valence-corrected chi connectivity index (χ1v) is 8.40. The maximum absolute atomic E-state index is 13.5. The van der Waals surface area contributed by atoms with E-state index < -0.39 is 5.97 Å². The Balaban J connectivity index is 0.000000880. The second kappa shape index (κ2) is 6.97. The van der Waals surface area contributed by atoms with Gasteiger partial charge in [0.05, 0.1) is 0 Å². The SMILES string of the molecule is CC.O=C(O)COc1ccc2c(c1)CCc1c-2[nH]c2ccc(F)cc12. The fourth-order valence-electron chi connectivity index (χ4n) is 3.22. The van der Waals surface area contributed by atoms with E-state index in [2.05, 4.69) is 4.98 Å². The average Bonchev–Trinajstić information content (AvgIpc) is 2.99. The molecule has 0 unspecified atom stereocenters. The van der Waals surface area contributed by atoms with Gasteiger partial charge in [0.25, 0.3) is 0 Å². The van der Waals surface area contributed by atoms with E-state index in [0.717, 1.165) is 46.1 Å². The highest BCUT2D eigenvalue weighted by atomic mass is 19.1. The number of hydrogen-bond donors (Lipinski definition) is 2. The van der Waals surface area contributed by atoms with E-state index in [9.17, 15) is 9.18 Å². The molecule has 1 aromatic heterocycles. The zero-order valence-electron chi connectivity index (χ0n) is 14.2. The van der Waals surface area contributed by atoms with Crippen LogP contribution >= 0.6 is 0 Å². The lowest BCUT2D eigenvalue weighted by Crippen LogP contribution is -2.10. The molecule has 130 valence electrons. The third-order valence-corrected chi connectivity index (χ3v) is 4.22. The Labute approximate surface area is 145 Å². The van der Waals surface area contributed by atoms with Crippen LogP contribution in [0.4, 0.5) is 4.39 Å². The highest BCUT2D eigenvalue weighted by molar-refractivity contribution is 5.92. The third kappa shape index (κ3) is 3.22. The van der Waals surface area contributed by atoms with Gasteiger partial charge in [0.15, 0.2) is 6.61 Å². The molecule has 3 aromatic rings. The van der Waals surface area contributed by atoms with Crippen LogP contribution in [0.1, 0.15) is 25.0 Å². The van der Waals surface area contributed by atoms with Crippen molar-refractivity contribution in [3.8, 4) is 17.0 Å². The predicted octanol–water partition coefficient (Wildman–Crippen LogP) is 4.56. The summed E-state index contributed by atoms with van der Waals surface area (Å²) >= 11 is 0. The smallest absolute Gasteiger partial charge is 0.341 e. The molecule has 0 saturated carbocycles. The lowest BCUT2D eigenvalue weighted by atomic mass is 9.89. The molecule has 1 aliphatic carbocycles. The number of aryl methyl sites for hydroxylation is 2. The van der Waals surface area contributed by atoms with Gasteiger partial charge >= 0.3 is 5.97 Å². The molecule has 0 aliphatic heterocycles. The first-order chi connectivity index (χ1) is 12.1. The molecule has 4 nitrogen and oxygen atoms in total. The van der Waals surface area contributed by atoms with Crippen LogP contribution in [0.25, 0.3) is 22.2 Å². The summed E-state index contributed by atoms with van der Waals surface area (Å²) in [5.41, 5.74) is 5.23. The summed E-state index contributed by atoms with van der Waals surface area (Å²) in [7, 11) is 0. The van der Waals surface area contributed by atoms with Crippen molar-refractivity contribution < 1.29 is 19.0 Å². The Morgan fingerprint density at radius 3 is 2.76 bits per heavy atom. The zero-order chi connectivity index (χ0) is 18.0. The Kier molecular flexibility index (Phi) is 4.74. The molecule has 0 spiro atoms. The summed E-state index contributed by atoms with van der Waals surface area (Å²) in [4.78, 5) is 14.0. The molecular weight excluding hydrogens is 321 g/mol. The van der Waals surface area contributed by atoms with Crippen LogP contribution in [-0.2, 0) is 17.6 Å². The van der Waals surface area contributed by atoms with Gasteiger partial charge in [0, 0.05) is 22.2 Å². The number of aromatic amines is 1. The van der Waals surface area contributed by atoms with Gasteiger partial charge in [-0.15, -0.1) is 0 Å². The largest absolute Gasteiger partial charge is 0.482 e. The number of carboxylic acid groups (broad SMARTS) is 1. The van der Waals surface area contributed by atoms with Crippen molar-refractivity contribution in [1.29, 1.82) is 0 Å². The molecule has 0 bridgehead atoms. The summed E-state index contributed by atoms with van der Waals surface area (Å²) in [5.74, 6) is -0.679. The van der Waals surface area contributed by atoms with Crippen molar-refractivity contribution in [2.45, 2.75) is 26.7 Å². The molecule has 1 aliphatic rings. The van der Waals surface area contributed by atoms with Crippen LogP contribution in [0, 0.1) is 5.82 Å². The average molecular weight is 341 g/mol. The van der Waals surface area contributed by atoms with Crippen LogP contribution in [0.2, 0.25) is 0 Å². The van der Waals surface area contributed by atoms with Crippen LogP contribution < -0.4 is 4.74 Å². The van der Waals surface area contributed by atoms with Crippen LogP contribution in [0.3, 0.4) is 0 Å². The number of ether oxygens (including phenoxy) is 1. The topological polar surface area (TPSA) is 62.3 Å². The van der Waals surface area contributed by atoms with Crippen LogP contribution in [-0.4, -0.2) is 22.7 Å². The Bertz CT molecular complexity index is 930. The second-order valence-corrected chi connectivity index (χ2v) is 5.67. The van der Waals surface area contributed by atoms with Gasteiger partial charge in [0.1, 0.15) is 11.6 Å². The molecular formula is C20H20FNO3. The van der Waals surface area contributed by atoms with Gasteiger partial charge < -0.3 is 14.8 Å². The minimum atomic E-state index is -0.998. The number of aliphatic carboxylic acids is 1. The van der Waals surface area contributed by atoms with E-state index >= 15 is 0 Å². The molecule has 0 fully saturated rings. The van der Waals surface area contributed by atoms with E-state index in [1.54, 1.807) is 18.2 Å². The highest BCUT2D eigenvalue weighted by Gasteiger charge is 2.21. The quantitative estimate of drug-likeness (QED) is 0.734. The lowest BCUT2D eigenvalue weighted by molar-refractivity contribution is -0.139. The van der Waals surface area contributed by atoms with Crippen molar-refractivity contribution in [3.05, 3.63) is 53.3 Å². The molecule has 0 saturated heterocycles. The summed E-state index contributed by atoms with van der Waals surface area (Å²) < 4.78 is 18.7. The zero-order valence-corrected chi connectivity index (χ0v) is 14.2. The van der Waals surface area contributed by atoms with E-state index in [-0.39, 0.29) is 12.4 Å². The Morgan fingerprint density at radius 1 is 1.20 bits per heavy atom. The molecule has 1 heterocycles. The summed E-state index contributed by atoms with van der Waals surface area (Å²) in [6, 6.07) is 10.4.